The molecule has 0 aliphatic rings. The quantitative estimate of drug-likeness (QED) is 0.688. The van der Waals surface area contributed by atoms with E-state index >= 15 is 0 Å². The van der Waals surface area contributed by atoms with E-state index in [9.17, 15) is 0 Å². The summed E-state index contributed by atoms with van der Waals surface area (Å²) in [6, 6.07) is 1.85. The molecule has 1 unspecified atom stereocenters. The molecule has 4 heteroatoms. The lowest BCUT2D eigenvalue weighted by Gasteiger charge is -2.05. The standard InChI is InChI=1S/C7H11ClN2O/c8-6-7(11)2-5-10-4-1-3-9-10/h1,3-4,7,11H,2,5-6H2. The molecule has 1 aromatic rings. The molecule has 0 spiro atoms. The minimum atomic E-state index is -0.416. The molecule has 62 valence electrons. The molecule has 0 saturated heterocycles. The Kier molecular flexibility index (Phi) is 3.39. The summed E-state index contributed by atoms with van der Waals surface area (Å²) in [4.78, 5) is 0. The van der Waals surface area contributed by atoms with Crippen molar-refractivity contribution in [1.82, 2.24) is 9.78 Å². The highest BCUT2D eigenvalue weighted by Gasteiger charge is 2.00. The number of hydrogen-bond acceptors (Lipinski definition) is 2. The zero-order valence-electron chi connectivity index (χ0n) is 6.15. The molecule has 1 heterocycles. The van der Waals surface area contributed by atoms with E-state index in [0.29, 0.717) is 12.3 Å². The summed E-state index contributed by atoms with van der Waals surface area (Å²) in [5, 5.41) is 13.1. The normalized spacial score (nSPS) is 13.3. The van der Waals surface area contributed by atoms with Crippen LogP contribution in [-0.4, -0.2) is 26.9 Å². The maximum Gasteiger partial charge on any atom is 0.0693 e. The van der Waals surface area contributed by atoms with Gasteiger partial charge in [-0.05, 0) is 12.5 Å². The highest BCUT2D eigenvalue weighted by atomic mass is 35.5. The minimum absolute atomic E-state index is 0.293. The van der Waals surface area contributed by atoms with Crippen LogP contribution >= 0.6 is 11.6 Å². The van der Waals surface area contributed by atoms with E-state index in [1.807, 2.05) is 12.3 Å². The Balaban J connectivity index is 2.23. The number of alkyl halides is 1. The second-order valence-corrected chi connectivity index (χ2v) is 2.67. The zero-order valence-corrected chi connectivity index (χ0v) is 6.91. The fourth-order valence-corrected chi connectivity index (χ4v) is 0.945. The average molecular weight is 175 g/mol. The van der Waals surface area contributed by atoms with Gasteiger partial charge in [0, 0.05) is 24.8 Å². The number of halogens is 1. The van der Waals surface area contributed by atoms with Crippen molar-refractivity contribution in [2.24, 2.45) is 0 Å². The second-order valence-electron chi connectivity index (χ2n) is 2.37. The number of nitrogens with zero attached hydrogens (tertiary/aromatic N) is 2. The fourth-order valence-electron chi connectivity index (χ4n) is 0.791. The van der Waals surface area contributed by atoms with Gasteiger partial charge in [0.15, 0.2) is 0 Å². The molecule has 1 N–H and O–H groups in total. The van der Waals surface area contributed by atoms with E-state index in [-0.39, 0.29) is 0 Å². The van der Waals surface area contributed by atoms with Crippen molar-refractivity contribution in [3.8, 4) is 0 Å². The summed E-state index contributed by atoms with van der Waals surface area (Å²) in [7, 11) is 0. The van der Waals surface area contributed by atoms with Crippen LogP contribution in [0.5, 0.6) is 0 Å². The van der Waals surface area contributed by atoms with E-state index in [4.69, 9.17) is 16.7 Å². The summed E-state index contributed by atoms with van der Waals surface area (Å²) in [6.07, 6.45) is 3.82. The molecule has 0 aliphatic heterocycles. The molecule has 1 rings (SSSR count). The van der Waals surface area contributed by atoms with Crippen molar-refractivity contribution in [3.05, 3.63) is 18.5 Å². The van der Waals surface area contributed by atoms with Crippen LogP contribution < -0.4 is 0 Å². The van der Waals surface area contributed by atoms with Crippen LogP contribution in [0, 0.1) is 0 Å². The Morgan fingerprint density at radius 1 is 1.64 bits per heavy atom. The number of aliphatic hydroxyl groups is 1. The summed E-state index contributed by atoms with van der Waals surface area (Å²) in [5.41, 5.74) is 0. The van der Waals surface area contributed by atoms with Gasteiger partial charge in [-0.1, -0.05) is 0 Å². The fraction of sp³-hybridized carbons (Fsp3) is 0.571. The van der Waals surface area contributed by atoms with Crippen LogP contribution in [0.4, 0.5) is 0 Å². The van der Waals surface area contributed by atoms with Gasteiger partial charge in [-0.25, -0.2) is 0 Å². The van der Waals surface area contributed by atoms with E-state index in [2.05, 4.69) is 5.10 Å². The molecule has 1 aromatic heterocycles. The first-order chi connectivity index (χ1) is 5.33. The van der Waals surface area contributed by atoms with Gasteiger partial charge in [-0.3, -0.25) is 4.68 Å². The van der Waals surface area contributed by atoms with Gasteiger partial charge >= 0.3 is 0 Å². The zero-order chi connectivity index (χ0) is 8.10. The smallest absolute Gasteiger partial charge is 0.0693 e. The first-order valence-corrected chi connectivity index (χ1v) is 4.08. The van der Waals surface area contributed by atoms with Gasteiger partial charge in [-0.15, -0.1) is 11.6 Å². The SMILES string of the molecule is OC(CCl)CCn1cccn1. The Labute approximate surface area is 70.6 Å². The van der Waals surface area contributed by atoms with Gasteiger partial charge in [0.25, 0.3) is 0 Å². The highest BCUT2D eigenvalue weighted by Crippen LogP contribution is 1.97. The minimum Gasteiger partial charge on any atom is -0.392 e. The summed E-state index contributed by atoms with van der Waals surface area (Å²) in [6.45, 7) is 0.723. The van der Waals surface area contributed by atoms with Gasteiger partial charge < -0.3 is 5.11 Å². The van der Waals surface area contributed by atoms with Crippen LogP contribution in [0.25, 0.3) is 0 Å². The number of hydrogen-bond donors (Lipinski definition) is 1. The lowest BCUT2D eigenvalue weighted by Crippen LogP contribution is -2.12. The van der Waals surface area contributed by atoms with Crippen molar-refractivity contribution in [2.45, 2.75) is 19.1 Å². The summed E-state index contributed by atoms with van der Waals surface area (Å²) < 4.78 is 1.77. The maximum atomic E-state index is 9.08. The van der Waals surface area contributed by atoms with Gasteiger partial charge in [-0.2, -0.15) is 5.10 Å². The van der Waals surface area contributed by atoms with Gasteiger partial charge in [0.1, 0.15) is 0 Å². The molecule has 1 atom stereocenters. The number of rotatable bonds is 4. The van der Waals surface area contributed by atoms with Crippen LogP contribution in [0.2, 0.25) is 0 Å². The molecule has 0 aromatic carbocycles. The number of aryl methyl sites for hydroxylation is 1. The Hall–Kier alpha value is -0.540. The second kappa shape index (κ2) is 4.36. The van der Waals surface area contributed by atoms with E-state index in [1.54, 1.807) is 10.9 Å². The Morgan fingerprint density at radius 2 is 2.45 bits per heavy atom. The van der Waals surface area contributed by atoms with Crippen molar-refractivity contribution in [1.29, 1.82) is 0 Å². The first-order valence-electron chi connectivity index (χ1n) is 3.54. The van der Waals surface area contributed by atoms with E-state index < -0.39 is 6.10 Å². The van der Waals surface area contributed by atoms with Crippen molar-refractivity contribution < 1.29 is 5.11 Å². The Bertz CT molecular complexity index is 188. The monoisotopic (exact) mass is 174 g/mol. The molecule has 0 aliphatic carbocycles. The topological polar surface area (TPSA) is 38.0 Å². The van der Waals surface area contributed by atoms with Crippen LogP contribution in [0.15, 0.2) is 18.5 Å². The predicted molar refractivity (Wildman–Crippen MR) is 43.6 cm³/mol. The van der Waals surface area contributed by atoms with Gasteiger partial charge in [0.2, 0.25) is 0 Å². The van der Waals surface area contributed by atoms with Crippen LogP contribution in [-0.2, 0) is 6.54 Å². The third kappa shape index (κ3) is 2.91. The lowest BCUT2D eigenvalue weighted by molar-refractivity contribution is 0.179. The molecule has 0 radical (unpaired) electrons. The summed E-state index contributed by atoms with van der Waals surface area (Å²) >= 11 is 5.41. The van der Waals surface area contributed by atoms with Crippen molar-refractivity contribution in [3.63, 3.8) is 0 Å². The van der Waals surface area contributed by atoms with Crippen molar-refractivity contribution in [2.75, 3.05) is 5.88 Å². The molecular formula is C7H11ClN2O. The molecule has 11 heavy (non-hydrogen) atoms. The molecule has 3 nitrogen and oxygen atoms in total. The number of aromatic nitrogens is 2. The number of aliphatic hydroxyl groups excluding tert-OH is 1. The molecule has 0 bridgehead atoms. The lowest BCUT2D eigenvalue weighted by atomic mass is 10.3. The predicted octanol–water partition coefficient (Wildman–Crippen LogP) is 0.873. The van der Waals surface area contributed by atoms with E-state index in [0.717, 1.165) is 6.54 Å². The average Bonchev–Trinajstić information content (AvgIpc) is 2.52. The van der Waals surface area contributed by atoms with Crippen LogP contribution in [0.1, 0.15) is 6.42 Å². The molecule has 0 fully saturated rings. The van der Waals surface area contributed by atoms with E-state index in [1.165, 1.54) is 0 Å². The molecule has 0 saturated carbocycles. The van der Waals surface area contributed by atoms with Crippen LogP contribution in [0.3, 0.4) is 0 Å². The van der Waals surface area contributed by atoms with Gasteiger partial charge in [0.05, 0.1) is 6.10 Å². The Morgan fingerprint density at radius 3 is 3.00 bits per heavy atom. The third-order valence-electron chi connectivity index (χ3n) is 1.43. The van der Waals surface area contributed by atoms with Crippen molar-refractivity contribution >= 4 is 11.6 Å². The first kappa shape index (κ1) is 8.56. The highest BCUT2D eigenvalue weighted by molar-refractivity contribution is 6.18. The maximum absolute atomic E-state index is 9.08. The largest absolute Gasteiger partial charge is 0.392 e. The summed E-state index contributed by atoms with van der Waals surface area (Å²) in [5.74, 6) is 0.293. The third-order valence-corrected chi connectivity index (χ3v) is 1.78. The molecule has 0 amide bonds. The molecular weight excluding hydrogens is 164 g/mol.